The van der Waals surface area contributed by atoms with Crippen LogP contribution in [-0.2, 0) is 14.9 Å². The van der Waals surface area contributed by atoms with Crippen molar-refractivity contribution in [3.8, 4) is 0 Å². The second kappa shape index (κ2) is 7.53. The number of anilines is 1. The Bertz CT molecular complexity index is 913. The molecule has 0 atom stereocenters. The number of carbonyl (C=O) groups excluding carboxylic acids is 1. The van der Waals surface area contributed by atoms with E-state index in [-0.39, 0.29) is 15.5 Å². The van der Waals surface area contributed by atoms with Gasteiger partial charge in [0.15, 0.2) is 0 Å². The Morgan fingerprint density at radius 1 is 1.12 bits per heavy atom. The van der Waals surface area contributed by atoms with E-state index in [4.69, 9.17) is 16.4 Å². The maximum absolute atomic E-state index is 12.4. The summed E-state index contributed by atoms with van der Waals surface area (Å²) in [7, 11) is -1.49. The molecule has 2 aromatic rings. The van der Waals surface area contributed by atoms with Crippen LogP contribution < -0.4 is 5.32 Å². The zero-order valence-corrected chi connectivity index (χ0v) is 15.9. The van der Waals surface area contributed by atoms with E-state index >= 15 is 0 Å². The third kappa shape index (κ3) is 4.19. The van der Waals surface area contributed by atoms with Gasteiger partial charge in [0.2, 0.25) is 0 Å². The predicted molar refractivity (Wildman–Crippen MR) is 97.3 cm³/mol. The Labute approximate surface area is 152 Å². The van der Waals surface area contributed by atoms with Crippen LogP contribution in [0.3, 0.4) is 0 Å². The highest BCUT2D eigenvalue weighted by molar-refractivity contribution is 7.89. The van der Waals surface area contributed by atoms with E-state index in [1.54, 1.807) is 6.07 Å². The SMILES string of the molecule is CON(C)S(=O)(=O)c1cc(C(=O)Nc2ccc(C)c(C)c2)ccc1Cl. The molecule has 0 saturated heterocycles. The Hall–Kier alpha value is -1.93. The number of hydrogen-bond donors (Lipinski definition) is 1. The van der Waals surface area contributed by atoms with Gasteiger partial charge in [0.05, 0.1) is 12.1 Å². The van der Waals surface area contributed by atoms with Crippen LogP contribution in [0, 0.1) is 13.8 Å². The number of halogens is 1. The summed E-state index contributed by atoms with van der Waals surface area (Å²) in [5.41, 5.74) is 2.95. The minimum absolute atomic E-state index is 0.00614. The minimum atomic E-state index is -3.96. The van der Waals surface area contributed by atoms with Crippen molar-refractivity contribution in [2.24, 2.45) is 0 Å². The molecule has 0 aliphatic rings. The Kier molecular flexibility index (Phi) is 5.84. The Morgan fingerprint density at radius 2 is 1.80 bits per heavy atom. The van der Waals surface area contributed by atoms with Crippen LogP contribution in [0.25, 0.3) is 0 Å². The first-order valence-electron chi connectivity index (χ1n) is 7.38. The predicted octanol–water partition coefficient (Wildman–Crippen LogP) is 3.39. The molecule has 0 spiro atoms. The van der Waals surface area contributed by atoms with E-state index in [2.05, 4.69) is 5.32 Å². The number of hydrogen-bond acceptors (Lipinski definition) is 4. The van der Waals surface area contributed by atoms with Crippen LogP contribution in [0.15, 0.2) is 41.3 Å². The number of aryl methyl sites for hydroxylation is 2. The molecule has 0 radical (unpaired) electrons. The third-order valence-corrected chi connectivity index (χ3v) is 5.99. The fraction of sp³-hybridized carbons (Fsp3) is 0.235. The number of carbonyl (C=O) groups is 1. The third-order valence-electron chi connectivity index (χ3n) is 3.83. The normalized spacial score (nSPS) is 11.6. The minimum Gasteiger partial charge on any atom is -0.322 e. The van der Waals surface area contributed by atoms with Crippen LogP contribution in [-0.4, -0.2) is 33.0 Å². The lowest BCUT2D eigenvalue weighted by Gasteiger charge is -2.16. The van der Waals surface area contributed by atoms with Crippen LogP contribution in [0.2, 0.25) is 5.02 Å². The fourth-order valence-corrected chi connectivity index (χ4v) is 3.57. The summed E-state index contributed by atoms with van der Waals surface area (Å²) in [4.78, 5) is 17.0. The van der Waals surface area contributed by atoms with Crippen LogP contribution in [0.1, 0.15) is 21.5 Å². The van der Waals surface area contributed by atoms with E-state index in [9.17, 15) is 13.2 Å². The first-order valence-corrected chi connectivity index (χ1v) is 9.20. The van der Waals surface area contributed by atoms with Gasteiger partial charge in [0.1, 0.15) is 4.90 Å². The standard InChI is InChI=1S/C17H19ClN2O4S/c1-11-5-7-14(9-12(11)2)19-17(21)13-6-8-15(18)16(10-13)25(22,23)20(3)24-4/h5-10H,1-4H3,(H,19,21). The van der Waals surface area contributed by atoms with E-state index in [0.29, 0.717) is 10.2 Å². The number of sulfonamides is 1. The molecule has 0 aliphatic carbocycles. The molecule has 1 N–H and O–H groups in total. The van der Waals surface area contributed by atoms with Gasteiger partial charge in [-0.3, -0.25) is 9.63 Å². The van der Waals surface area contributed by atoms with Crippen LogP contribution in [0.5, 0.6) is 0 Å². The molecule has 25 heavy (non-hydrogen) atoms. The highest BCUT2D eigenvalue weighted by Gasteiger charge is 2.25. The second-order valence-electron chi connectivity index (χ2n) is 5.50. The highest BCUT2D eigenvalue weighted by atomic mass is 35.5. The summed E-state index contributed by atoms with van der Waals surface area (Å²) < 4.78 is 25.4. The number of nitrogens with zero attached hydrogens (tertiary/aromatic N) is 1. The molecule has 0 unspecified atom stereocenters. The van der Waals surface area contributed by atoms with Crippen molar-refractivity contribution in [1.29, 1.82) is 0 Å². The number of amides is 1. The van der Waals surface area contributed by atoms with Crippen molar-refractivity contribution < 1.29 is 18.0 Å². The van der Waals surface area contributed by atoms with Crippen molar-refractivity contribution in [3.63, 3.8) is 0 Å². The molecule has 0 fully saturated rings. The largest absolute Gasteiger partial charge is 0.322 e. The average molecular weight is 383 g/mol. The Morgan fingerprint density at radius 3 is 2.40 bits per heavy atom. The van der Waals surface area contributed by atoms with Crippen molar-refractivity contribution in [3.05, 3.63) is 58.1 Å². The van der Waals surface area contributed by atoms with Gasteiger partial charge in [-0.05, 0) is 55.3 Å². The maximum Gasteiger partial charge on any atom is 0.266 e. The molecule has 8 heteroatoms. The average Bonchev–Trinajstić information content (AvgIpc) is 2.57. The van der Waals surface area contributed by atoms with E-state index < -0.39 is 15.9 Å². The summed E-state index contributed by atoms with van der Waals surface area (Å²) in [5.74, 6) is -0.434. The van der Waals surface area contributed by atoms with Gasteiger partial charge in [-0.1, -0.05) is 22.1 Å². The molecule has 0 saturated carbocycles. The first kappa shape index (κ1) is 19.4. The molecule has 0 heterocycles. The van der Waals surface area contributed by atoms with Gasteiger partial charge in [-0.15, -0.1) is 0 Å². The number of nitrogens with one attached hydrogen (secondary N) is 1. The maximum atomic E-state index is 12.4. The first-order chi connectivity index (χ1) is 11.7. The molecule has 0 aliphatic heterocycles. The summed E-state index contributed by atoms with van der Waals surface area (Å²) in [6, 6.07) is 9.59. The lowest BCUT2D eigenvalue weighted by atomic mass is 10.1. The monoisotopic (exact) mass is 382 g/mol. The van der Waals surface area contributed by atoms with Crippen molar-refractivity contribution in [1.82, 2.24) is 4.47 Å². The van der Waals surface area contributed by atoms with Crippen molar-refractivity contribution in [2.75, 3.05) is 19.5 Å². The van der Waals surface area contributed by atoms with Gasteiger partial charge in [0, 0.05) is 18.3 Å². The molecular weight excluding hydrogens is 364 g/mol. The van der Waals surface area contributed by atoms with Gasteiger partial charge in [-0.25, -0.2) is 8.42 Å². The van der Waals surface area contributed by atoms with Crippen LogP contribution in [0.4, 0.5) is 5.69 Å². The number of rotatable bonds is 5. The van der Waals surface area contributed by atoms with Crippen molar-refractivity contribution >= 4 is 33.2 Å². The summed E-state index contributed by atoms with van der Waals surface area (Å²) in [6.07, 6.45) is 0. The molecular formula is C17H19ClN2O4S. The quantitative estimate of drug-likeness (QED) is 0.804. The summed E-state index contributed by atoms with van der Waals surface area (Å²) >= 11 is 5.99. The number of benzene rings is 2. The molecule has 2 aromatic carbocycles. The Balaban J connectivity index is 2.35. The molecule has 0 aromatic heterocycles. The molecule has 6 nitrogen and oxygen atoms in total. The fourth-order valence-electron chi connectivity index (χ4n) is 2.10. The van der Waals surface area contributed by atoms with E-state index in [0.717, 1.165) is 11.1 Å². The number of hydroxylamine groups is 1. The van der Waals surface area contributed by atoms with E-state index in [1.165, 1.54) is 32.4 Å². The lowest BCUT2D eigenvalue weighted by Crippen LogP contribution is -2.26. The van der Waals surface area contributed by atoms with Crippen LogP contribution >= 0.6 is 11.6 Å². The molecule has 1 amide bonds. The highest BCUT2D eigenvalue weighted by Crippen LogP contribution is 2.26. The smallest absolute Gasteiger partial charge is 0.266 e. The summed E-state index contributed by atoms with van der Waals surface area (Å²) in [5, 5.41) is 2.75. The molecule has 0 bridgehead atoms. The van der Waals surface area contributed by atoms with Gasteiger partial charge in [-0.2, -0.15) is 0 Å². The lowest BCUT2D eigenvalue weighted by molar-refractivity contribution is -0.0258. The zero-order chi connectivity index (χ0) is 18.8. The zero-order valence-electron chi connectivity index (χ0n) is 14.3. The molecule has 2 rings (SSSR count). The van der Waals surface area contributed by atoms with E-state index in [1.807, 2.05) is 26.0 Å². The van der Waals surface area contributed by atoms with Gasteiger partial charge >= 0.3 is 0 Å². The molecule has 134 valence electrons. The topological polar surface area (TPSA) is 75.7 Å². The van der Waals surface area contributed by atoms with Gasteiger partial charge in [0.25, 0.3) is 15.9 Å². The van der Waals surface area contributed by atoms with Gasteiger partial charge < -0.3 is 5.32 Å². The summed E-state index contributed by atoms with van der Waals surface area (Å²) in [6.45, 7) is 3.92. The van der Waals surface area contributed by atoms with Crippen molar-refractivity contribution in [2.45, 2.75) is 18.7 Å². The second-order valence-corrected chi connectivity index (χ2v) is 7.81.